The van der Waals surface area contributed by atoms with Crippen LogP contribution < -0.4 is 9.62 Å². The molecule has 0 spiro atoms. The molecule has 0 saturated carbocycles. The third kappa shape index (κ3) is 4.32. The molecule has 0 aliphatic carbocycles. The van der Waals surface area contributed by atoms with Crippen molar-refractivity contribution in [2.45, 2.75) is 12.7 Å². The first-order valence-electron chi connectivity index (χ1n) is 6.71. The number of hydrogen-bond donors (Lipinski definition) is 3. The average Bonchev–Trinajstić information content (AvgIpc) is 2.56. The van der Waals surface area contributed by atoms with E-state index < -0.39 is 40.8 Å². The molecule has 0 saturated heterocycles. The third-order valence-corrected chi connectivity index (χ3v) is 3.59. The Labute approximate surface area is 144 Å². The molecule has 0 atom stereocenters. The quantitative estimate of drug-likeness (QED) is 0.553. The average molecular weight is 378 g/mol. The summed E-state index contributed by atoms with van der Waals surface area (Å²) in [6.07, 6.45) is -4.46. The van der Waals surface area contributed by atoms with E-state index in [1.54, 1.807) is 0 Å². The molecule has 25 heavy (non-hydrogen) atoms. The van der Waals surface area contributed by atoms with Crippen molar-refractivity contribution in [2.75, 3.05) is 4.31 Å². The summed E-state index contributed by atoms with van der Waals surface area (Å²) in [6.45, 7) is -0.140. The largest absolute Gasteiger partial charge is 0.503 e. The van der Waals surface area contributed by atoms with Crippen LogP contribution in [0.25, 0.3) is 0 Å². The summed E-state index contributed by atoms with van der Waals surface area (Å²) < 4.78 is 64.2. The molecule has 0 bridgehead atoms. The fraction of sp³-hybridized carbons (Fsp3) is 0.133. The Kier molecular flexibility index (Phi) is 5.41. The van der Waals surface area contributed by atoms with Gasteiger partial charge in [0.2, 0.25) is 5.82 Å². The maximum Gasteiger partial charge on any atom is 0.416 e. The number of anilines is 1. The molecule has 2 aromatic rings. The number of nitrogens with one attached hydrogen (secondary N) is 1. The smallest absolute Gasteiger partial charge is 0.416 e. The highest BCUT2D eigenvalue weighted by molar-refractivity contribution is 7.82. The molecule has 0 fully saturated rings. The number of carbonyl (C=O) groups excluding carboxylic acids is 1. The number of nitrogens with zero attached hydrogens (tertiary/aromatic N) is 1. The molecule has 0 aliphatic heterocycles. The Morgan fingerprint density at radius 1 is 1.12 bits per heavy atom. The van der Waals surface area contributed by atoms with E-state index in [1.807, 2.05) is 0 Å². The lowest BCUT2D eigenvalue weighted by Gasteiger charge is -2.18. The monoisotopic (exact) mass is 378 g/mol. The fourth-order valence-corrected chi connectivity index (χ4v) is 2.11. The van der Waals surface area contributed by atoms with Gasteiger partial charge in [0.05, 0.1) is 5.56 Å². The Morgan fingerprint density at radius 2 is 1.72 bits per heavy atom. The SMILES string of the molecule is O=C(NCc1ccc(C(F)(F)F)cc1)N(S)c1ccc(F)c(F)c1O. The number of phenols is 1. The van der Waals surface area contributed by atoms with Crippen LogP contribution in [0, 0.1) is 11.6 Å². The third-order valence-electron chi connectivity index (χ3n) is 3.19. The van der Waals surface area contributed by atoms with E-state index in [2.05, 4.69) is 18.1 Å². The lowest BCUT2D eigenvalue weighted by atomic mass is 10.1. The first-order chi connectivity index (χ1) is 11.6. The molecule has 4 nitrogen and oxygen atoms in total. The number of aromatic hydroxyl groups is 1. The van der Waals surface area contributed by atoms with Crippen molar-refractivity contribution < 1.29 is 31.9 Å². The standard InChI is InChI=1S/C15H11F5N2O2S/c16-10-5-6-11(13(23)12(10)17)22(25)14(24)21-7-8-1-3-9(4-2-8)15(18,19)20/h1-6,23,25H,7H2,(H,21,24). The predicted molar refractivity (Wildman–Crippen MR) is 83.2 cm³/mol. The summed E-state index contributed by atoms with van der Waals surface area (Å²) in [5, 5.41) is 11.8. The maximum absolute atomic E-state index is 13.3. The normalized spacial score (nSPS) is 11.3. The Balaban J connectivity index is 2.04. The number of thiol groups is 1. The van der Waals surface area contributed by atoms with E-state index in [0.717, 1.165) is 18.2 Å². The van der Waals surface area contributed by atoms with Gasteiger partial charge in [-0.25, -0.2) is 13.5 Å². The van der Waals surface area contributed by atoms with Crippen LogP contribution >= 0.6 is 12.8 Å². The van der Waals surface area contributed by atoms with Gasteiger partial charge in [0.15, 0.2) is 11.6 Å². The molecule has 0 aromatic heterocycles. The first-order valence-corrected chi connectivity index (χ1v) is 7.11. The second kappa shape index (κ2) is 7.18. The summed E-state index contributed by atoms with van der Waals surface area (Å²) in [6, 6.07) is 4.84. The zero-order valence-corrected chi connectivity index (χ0v) is 13.2. The number of halogens is 5. The van der Waals surface area contributed by atoms with Gasteiger partial charge in [0.1, 0.15) is 5.69 Å². The Hall–Kier alpha value is -2.49. The number of phenolic OH excluding ortho intramolecular Hbond substituents is 1. The van der Waals surface area contributed by atoms with Gasteiger partial charge in [-0.3, -0.25) is 0 Å². The van der Waals surface area contributed by atoms with Gasteiger partial charge in [0, 0.05) is 6.54 Å². The number of hydrogen-bond acceptors (Lipinski definition) is 3. The zero-order chi connectivity index (χ0) is 18.8. The Bertz CT molecular complexity index is 781. The van der Waals surface area contributed by atoms with Gasteiger partial charge < -0.3 is 10.4 Å². The van der Waals surface area contributed by atoms with E-state index in [9.17, 15) is 31.9 Å². The van der Waals surface area contributed by atoms with Crippen molar-refractivity contribution in [1.82, 2.24) is 5.32 Å². The van der Waals surface area contributed by atoms with Crippen LogP contribution in [-0.4, -0.2) is 11.1 Å². The minimum atomic E-state index is -4.46. The van der Waals surface area contributed by atoms with E-state index >= 15 is 0 Å². The minimum absolute atomic E-state index is 0.140. The van der Waals surface area contributed by atoms with Crippen molar-refractivity contribution in [3.05, 3.63) is 59.2 Å². The van der Waals surface area contributed by atoms with Crippen LogP contribution in [0.15, 0.2) is 36.4 Å². The van der Waals surface area contributed by atoms with Crippen LogP contribution in [0.1, 0.15) is 11.1 Å². The Morgan fingerprint density at radius 3 is 2.28 bits per heavy atom. The second-order valence-corrected chi connectivity index (χ2v) is 5.29. The highest BCUT2D eigenvalue weighted by Gasteiger charge is 2.30. The summed E-state index contributed by atoms with van der Waals surface area (Å²) in [5.41, 5.74) is -0.852. The van der Waals surface area contributed by atoms with Gasteiger partial charge in [-0.05, 0) is 29.8 Å². The van der Waals surface area contributed by atoms with Crippen molar-refractivity contribution in [2.24, 2.45) is 0 Å². The molecular formula is C15H11F5N2O2S. The molecule has 10 heteroatoms. The summed E-state index contributed by atoms with van der Waals surface area (Å²) in [7, 11) is 0. The molecule has 134 valence electrons. The number of alkyl halides is 3. The molecule has 2 N–H and O–H groups in total. The minimum Gasteiger partial charge on any atom is -0.503 e. The lowest BCUT2D eigenvalue weighted by Crippen LogP contribution is -2.33. The van der Waals surface area contributed by atoms with Gasteiger partial charge in [-0.15, -0.1) is 0 Å². The highest BCUT2D eigenvalue weighted by atomic mass is 32.1. The van der Waals surface area contributed by atoms with Crippen LogP contribution in [0.2, 0.25) is 0 Å². The number of carbonyl (C=O) groups is 1. The first kappa shape index (κ1) is 18.8. The summed E-state index contributed by atoms with van der Waals surface area (Å²) >= 11 is 3.79. The van der Waals surface area contributed by atoms with E-state index in [1.165, 1.54) is 12.1 Å². The van der Waals surface area contributed by atoms with E-state index in [0.29, 0.717) is 15.9 Å². The summed E-state index contributed by atoms with van der Waals surface area (Å²) in [5.74, 6) is -3.93. The molecule has 2 aromatic carbocycles. The van der Waals surface area contributed by atoms with E-state index in [-0.39, 0.29) is 6.54 Å². The van der Waals surface area contributed by atoms with Crippen LogP contribution in [0.3, 0.4) is 0 Å². The number of benzene rings is 2. The van der Waals surface area contributed by atoms with Crippen molar-refractivity contribution in [1.29, 1.82) is 0 Å². The zero-order valence-electron chi connectivity index (χ0n) is 12.3. The van der Waals surface area contributed by atoms with Gasteiger partial charge >= 0.3 is 12.2 Å². The molecule has 2 rings (SSSR count). The molecule has 0 unspecified atom stereocenters. The molecule has 2 amide bonds. The predicted octanol–water partition coefficient (Wildman–Crippen LogP) is 4.25. The molecule has 0 radical (unpaired) electrons. The van der Waals surface area contributed by atoms with Crippen molar-refractivity contribution >= 4 is 24.5 Å². The lowest BCUT2D eigenvalue weighted by molar-refractivity contribution is -0.137. The second-order valence-electron chi connectivity index (χ2n) is 4.89. The van der Waals surface area contributed by atoms with Gasteiger partial charge in [-0.2, -0.15) is 17.6 Å². The van der Waals surface area contributed by atoms with E-state index in [4.69, 9.17) is 0 Å². The van der Waals surface area contributed by atoms with Crippen LogP contribution in [-0.2, 0) is 12.7 Å². The number of urea groups is 1. The fourth-order valence-electron chi connectivity index (χ4n) is 1.87. The number of amides is 2. The van der Waals surface area contributed by atoms with Crippen LogP contribution in [0.4, 0.5) is 32.4 Å². The summed E-state index contributed by atoms with van der Waals surface area (Å²) in [4.78, 5) is 11.9. The van der Waals surface area contributed by atoms with Gasteiger partial charge in [0.25, 0.3) is 0 Å². The molecule has 0 heterocycles. The van der Waals surface area contributed by atoms with Crippen LogP contribution in [0.5, 0.6) is 5.75 Å². The number of rotatable bonds is 3. The topological polar surface area (TPSA) is 52.6 Å². The van der Waals surface area contributed by atoms with Crippen molar-refractivity contribution in [3.63, 3.8) is 0 Å². The maximum atomic E-state index is 13.3. The molecule has 0 aliphatic rings. The highest BCUT2D eigenvalue weighted by Crippen LogP contribution is 2.32. The molecular weight excluding hydrogens is 367 g/mol. The van der Waals surface area contributed by atoms with Gasteiger partial charge in [-0.1, -0.05) is 24.9 Å². The van der Waals surface area contributed by atoms with Crippen molar-refractivity contribution in [3.8, 4) is 5.75 Å².